The molecular weight excluding hydrogens is 262 g/mol. The third-order valence-corrected chi connectivity index (χ3v) is 4.79. The van der Waals surface area contributed by atoms with Gasteiger partial charge in [-0.25, -0.2) is 13.1 Å². The predicted octanol–water partition coefficient (Wildman–Crippen LogP) is 2.60. The van der Waals surface area contributed by atoms with Crippen LogP contribution >= 0.6 is 0 Å². The van der Waals surface area contributed by atoms with E-state index in [-0.39, 0.29) is 10.3 Å². The molecule has 1 aromatic rings. The molecule has 0 saturated heterocycles. The van der Waals surface area contributed by atoms with Crippen molar-refractivity contribution in [3.8, 4) is 0 Å². The zero-order chi connectivity index (χ0) is 14.5. The van der Waals surface area contributed by atoms with E-state index >= 15 is 0 Å². The maximum absolute atomic E-state index is 12.1. The van der Waals surface area contributed by atoms with Gasteiger partial charge in [0.1, 0.15) is 4.90 Å². The monoisotopic (exact) mass is 287 g/mol. The number of hydrogen-bond donors (Lipinski definition) is 2. The van der Waals surface area contributed by atoms with E-state index in [4.69, 9.17) is 0 Å². The van der Waals surface area contributed by atoms with Gasteiger partial charge in [0.15, 0.2) is 0 Å². The molecule has 0 aromatic carbocycles. The lowest BCUT2D eigenvalue weighted by Gasteiger charge is -2.24. The first kappa shape index (κ1) is 16.2. The molecule has 5 nitrogen and oxygen atoms in total. The number of sulfonamides is 1. The second-order valence-corrected chi connectivity index (χ2v) is 7.54. The van der Waals surface area contributed by atoms with Crippen LogP contribution in [0, 0.1) is 12.3 Å². The molecule has 0 spiro atoms. The largest absolute Gasteiger partial charge is 0.281 e. The number of aryl methyl sites for hydroxylation is 1. The van der Waals surface area contributed by atoms with Gasteiger partial charge in [-0.1, -0.05) is 40.0 Å². The summed E-state index contributed by atoms with van der Waals surface area (Å²) in [6, 6.07) is 0. The van der Waals surface area contributed by atoms with Crippen molar-refractivity contribution in [3.63, 3.8) is 0 Å². The first-order chi connectivity index (χ1) is 8.78. The Bertz CT molecular complexity index is 492. The van der Waals surface area contributed by atoms with E-state index in [9.17, 15) is 8.42 Å². The minimum absolute atomic E-state index is 0.0279. The average Bonchev–Trinajstić information content (AvgIpc) is 2.74. The summed E-state index contributed by atoms with van der Waals surface area (Å²) in [5, 5.41) is 6.39. The second-order valence-electron chi connectivity index (χ2n) is 5.81. The maximum Gasteiger partial charge on any atom is 0.243 e. The van der Waals surface area contributed by atoms with Gasteiger partial charge in [-0.2, -0.15) is 5.10 Å². The van der Waals surface area contributed by atoms with E-state index < -0.39 is 10.0 Å². The van der Waals surface area contributed by atoms with Crippen LogP contribution in [0.15, 0.2) is 11.1 Å². The predicted molar refractivity (Wildman–Crippen MR) is 76.4 cm³/mol. The lowest BCUT2D eigenvalue weighted by molar-refractivity contribution is 0.320. The Hall–Kier alpha value is -0.880. The highest BCUT2D eigenvalue weighted by atomic mass is 32.2. The van der Waals surface area contributed by atoms with Gasteiger partial charge in [0.05, 0.1) is 11.9 Å². The Morgan fingerprint density at radius 2 is 2.05 bits per heavy atom. The van der Waals surface area contributed by atoms with Gasteiger partial charge in [0.2, 0.25) is 10.0 Å². The quantitative estimate of drug-likeness (QED) is 0.722. The molecule has 6 heteroatoms. The highest BCUT2D eigenvalue weighted by molar-refractivity contribution is 7.89. The number of hydrogen-bond acceptors (Lipinski definition) is 3. The van der Waals surface area contributed by atoms with Gasteiger partial charge in [-0.05, 0) is 18.8 Å². The van der Waals surface area contributed by atoms with Crippen LogP contribution in [-0.4, -0.2) is 25.2 Å². The van der Waals surface area contributed by atoms with E-state index in [2.05, 4.69) is 35.7 Å². The fourth-order valence-corrected chi connectivity index (χ4v) is 3.30. The average molecular weight is 287 g/mol. The minimum Gasteiger partial charge on any atom is -0.281 e. The summed E-state index contributed by atoms with van der Waals surface area (Å²) in [4.78, 5) is 0.233. The molecule has 0 atom stereocenters. The molecule has 0 aliphatic heterocycles. The third kappa shape index (κ3) is 4.95. The molecule has 0 radical (unpaired) electrons. The van der Waals surface area contributed by atoms with Crippen molar-refractivity contribution < 1.29 is 8.42 Å². The fraction of sp³-hybridized carbons (Fsp3) is 0.769. The van der Waals surface area contributed by atoms with Crippen LogP contribution in [0.4, 0.5) is 0 Å². The molecule has 1 rings (SSSR count). The van der Waals surface area contributed by atoms with Crippen molar-refractivity contribution in [2.24, 2.45) is 5.41 Å². The molecule has 0 bridgehead atoms. The number of aromatic amines is 1. The van der Waals surface area contributed by atoms with Crippen LogP contribution < -0.4 is 4.72 Å². The van der Waals surface area contributed by atoms with Crippen LogP contribution in [0.5, 0.6) is 0 Å². The van der Waals surface area contributed by atoms with E-state index in [1.165, 1.54) is 19.0 Å². The normalized spacial score (nSPS) is 12.8. The zero-order valence-electron chi connectivity index (χ0n) is 12.3. The maximum atomic E-state index is 12.1. The Balaban J connectivity index is 2.58. The van der Waals surface area contributed by atoms with Crippen molar-refractivity contribution in [1.29, 1.82) is 0 Å². The molecule has 1 aromatic heterocycles. The molecular formula is C13H25N3O2S. The molecule has 0 fully saturated rings. The van der Waals surface area contributed by atoms with Crippen molar-refractivity contribution in [3.05, 3.63) is 11.9 Å². The Morgan fingerprint density at radius 3 is 2.58 bits per heavy atom. The second kappa shape index (κ2) is 6.52. The van der Waals surface area contributed by atoms with Crippen LogP contribution in [0.1, 0.15) is 52.1 Å². The van der Waals surface area contributed by atoms with E-state index in [0.29, 0.717) is 12.2 Å². The molecule has 0 amide bonds. The van der Waals surface area contributed by atoms with Crippen molar-refractivity contribution in [2.75, 3.05) is 6.54 Å². The summed E-state index contributed by atoms with van der Waals surface area (Å²) < 4.78 is 26.9. The highest BCUT2D eigenvalue weighted by Gasteiger charge is 2.23. The van der Waals surface area contributed by atoms with Gasteiger partial charge in [0.25, 0.3) is 0 Å². The number of unbranched alkanes of at least 4 members (excludes halogenated alkanes) is 2. The molecule has 1 heterocycles. The van der Waals surface area contributed by atoms with Gasteiger partial charge in [0, 0.05) is 6.54 Å². The molecule has 0 saturated carbocycles. The number of nitrogens with zero attached hydrogens (tertiary/aromatic N) is 1. The Kier molecular flexibility index (Phi) is 5.55. The number of aromatic nitrogens is 2. The minimum atomic E-state index is -3.46. The van der Waals surface area contributed by atoms with Crippen LogP contribution in [0.2, 0.25) is 0 Å². The Labute approximate surface area is 116 Å². The molecule has 0 aliphatic carbocycles. The molecule has 19 heavy (non-hydrogen) atoms. The lowest BCUT2D eigenvalue weighted by atomic mass is 9.87. The van der Waals surface area contributed by atoms with E-state index in [1.54, 1.807) is 6.92 Å². The third-order valence-electron chi connectivity index (χ3n) is 3.27. The van der Waals surface area contributed by atoms with Crippen LogP contribution in [-0.2, 0) is 10.0 Å². The van der Waals surface area contributed by atoms with Crippen molar-refractivity contribution in [1.82, 2.24) is 14.9 Å². The topological polar surface area (TPSA) is 74.8 Å². The number of H-pyrrole nitrogens is 1. The first-order valence-electron chi connectivity index (χ1n) is 6.78. The van der Waals surface area contributed by atoms with Crippen LogP contribution in [0.3, 0.4) is 0 Å². The lowest BCUT2D eigenvalue weighted by Crippen LogP contribution is -2.34. The first-order valence-corrected chi connectivity index (χ1v) is 8.26. The Morgan fingerprint density at radius 1 is 1.37 bits per heavy atom. The van der Waals surface area contributed by atoms with Gasteiger partial charge in [-0.15, -0.1) is 0 Å². The number of nitrogens with one attached hydrogen (secondary N) is 2. The van der Waals surface area contributed by atoms with Gasteiger partial charge >= 0.3 is 0 Å². The van der Waals surface area contributed by atoms with E-state index in [0.717, 1.165) is 12.8 Å². The SMILES string of the molecule is CCCCCC(C)(C)CNS(=O)(=O)c1cn[nH]c1C. The molecule has 110 valence electrons. The summed E-state index contributed by atoms with van der Waals surface area (Å²) in [6.45, 7) is 8.50. The summed E-state index contributed by atoms with van der Waals surface area (Å²) in [7, 11) is -3.46. The summed E-state index contributed by atoms with van der Waals surface area (Å²) in [6.07, 6.45) is 5.87. The van der Waals surface area contributed by atoms with Crippen LogP contribution in [0.25, 0.3) is 0 Å². The van der Waals surface area contributed by atoms with Gasteiger partial charge < -0.3 is 0 Å². The summed E-state index contributed by atoms with van der Waals surface area (Å²) in [5.41, 5.74) is 0.538. The van der Waals surface area contributed by atoms with E-state index in [1.807, 2.05) is 0 Å². The van der Waals surface area contributed by atoms with Crippen molar-refractivity contribution >= 4 is 10.0 Å². The fourth-order valence-electron chi connectivity index (χ4n) is 1.92. The smallest absolute Gasteiger partial charge is 0.243 e. The highest BCUT2D eigenvalue weighted by Crippen LogP contribution is 2.23. The molecule has 2 N–H and O–H groups in total. The molecule has 0 aliphatic rings. The number of rotatable bonds is 8. The standard InChI is InChI=1S/C13H25N3O2S/c1-5-6-7-8-13(3,4)10-15-19(17,18)12-9-14-16-11(12)2/h9,15H,5-8,10H2,1-4H3,(H,14,16). The van der Waals surface area contributed by atoms with Crippen molar-refractivity contribution in [2.45, 2.75) is 58.3 Å². The summed E-state index contributed by atoms with van der Waals surface area (Å²) >= 11 is 0. The zero-order valence-corrected chi connectivity index (χ0v) is 13.1. The summed E-state index contributed by atoms with van der Waals surface area (Å²) in [5.74, 6) is 0. The van der Waals surface area contributed by atoms with Gasteiger partial charge in [-0.3, -0.25) is 5.10 Å². The molecule has 0 unspecified atom stereocenters.